The van der Waals surface area contributed by atoms with Crippen molar-refractivity contribution in [1.29, 1.82) is 0 Å². The van der Waals surface area contributed by atoms with E-state index in [9.17, 15) is 19.5 Å². The summed E-state index contributed by atoms with van der Waals surface area (Å²) in [6.45, 7) is 2.03. The van der Waals surface area contributed by atoms with Crippen LogP contribution in [0, 0.1) is 11.8 Å². The first-order chi connectivity index (χ1) is 13.5. The van der Waals surface area contributed by atoms with Crippen LogP contribution in [-0.4, -0.2) is 24.5 Å². The number of hydrogen-bond donors (Lipinski definition) is 1. The lowest BCUT2D eigenvalue weighted by Crippen LogP contribution is -2.42. The Morgan fingerprint density at radius 1 is 1.04 bits per heavy atom. The third-order valence-electron chi connectivity index (χ3n) is 5.79. The number of aryl methyl sites for hydroxylation is 1. The lowest BCUT2D eigenvalue weighted by atomic mass is 9.78. The zero-order chi connectivity index (χ0) is 20.1. The smallest absolute Gasteiger partial charge is 0.341 e. The van der Waals surface area contributed by atoms with Crippen LogP contribution in [0.3, 0.4) is 0 Å². The highest BCUT2D eigenvalue weighted by atomic mass is 32.1. The normalized spacial score (nSPS) is 22.5. The number of fused-ring (bicyclic) bond motifs is 1. The Labute approximate surface area is 169 Å². The summed E-state index contributed by atoms with van der Waals surface area (Å²) in [5.41, 5.74) is 1.47. The molecule has 0 saturated heterocycles. The number of carbonyl (C=O) groups excluding carboxylic acids is 3. The third-order valence-corrected chi connectivity index (χ3v) is 7.00. The summed E-state index contributed by atoms with van der Waals surface area (Å²) >= 11 is 1.44. The Hall–Kier alpha value is -1.89. The number of nitrogens with one attached hydrogen (secondary N) is 1. The van der Waals surface area contributed by atoms with Gasteiger partial charge in [0.2, 0.25) is 5.91 Å². The molecule has 1 heterocycles. The summed E-state index contributed by atoms with van der Waals surface area (Å²) in [7, 11) is 0. The maximum absolute atomic E-state index is 12.9. The summed E-state index contributed by atoms with van der Waals surface area (Å²) in [4.78, 5) is 38.2. The number of ether oxygens (including phenoxy) is 1. The molecule has 154 valence electrons. The molecule has 1 aromatic heterocycles. The van der Waals surface area contributed by atoms with Gasteiger partial charge in [0.1, 0.15) is 5.00 Å². The fourth-order valence-electron chi connectivity index (χ4n) is 4.36. The van der Waals surface area contributed by atoms with Gasteiger partial charge in [-0.3, -0.25) is 4.79 Å². The first-order valence-corrected chi connectivity index (χ1v) is 11.2. The maximum atomic E-state index is 12.9. The Bertz CT molecular complexity index is 741. The average molecular weight is 407 g/mol. The van der Waals surface area contributed by atoms with Crippen molar-refractivity contribution in [3.63, 3.8) is 0 Å². The predicted molar refractivity (Wildman–Crippen MR) is 105 cm³/mol. The van der Waals surface area contributed by atoms with E-state index in [2.05, 4.69) is 5.32 Å². The molecular weight excluding hydrogens is 378 g/mol. The van der Waals surface area contributed by atoms with Gasteiger partial charge in [-0.2, -0.15) is 0 Å². The topological polar surface area (TPSA) is 95.5 Å². The largest absolute Gasteiger partial charge is 0.550 e. The van der Waals surface area contributed by atoms with Crippen LogP contribution in [0.25, 0.3) is 0 Å². The van der Waals surface area contributed by atoms with Crippen molar-refractivity contribution >= 4 is 34.2 Å². The Morgan fingerprint density at radius 2 is 1.71 bits per heavy atom. The number of rotatable bonds is 5. The van der Waals surface area contributed by atoms with Crippen LogP contribution in [0.5, 0.6) is 0 Å². The van der Waals surface area contributed by atoms with E-state index in [1.54, 1.807) is 6.92 Å². The second-order valence-electron chi connectivity index (χ2n) is 7.65. The lowest BCUT2D eigenvalue weighted by Gasteiger charge is -2.31. The van der Waals surface area contributed by atoms with Gasteiger partial charge in [0.25, 0.3) is 0 Å². The van der Waals surface area contributed by atoms with E-state index in [4.69, 9.17) is 4.74 Å². The van der Waals surface area contributed by atoms with Gasteiger partial charge < -0.3 is 20.0 Å². The molecular formula is C21H28NO5S-. The van der Waals surface area contributed by atoms with Gasteiger partial charge in [-0.15, -0.1) is 11.3 Å². The molecule has 2 aliphatic rings. The first kappa shape index (κ1) is 20.8. The van der Waals surface area contributed by atoms with Crippen molar-refractivity contribution < 1.29 is 24.2 Å². The molecule has 0 spiro atoms. The second-order valence-corrected chi connectivity index (χ2v) is 8.75. The van der Waals surface area contributed by atoms with Crippen molar-refractivity contribution in [2.75, 3.05) is 11.9 Å². The Morgan fingerprint density at radius 3 is 2.39 bits per heavy atom. The molecule has 1 saturated carbocycles. The highest BCUT2D eigenvalue weighted by Crippen LogP contribution is 2.39. The van der Waals surface area contributed by atoms with Crippen molar-refractivity contribution in [1.82, 2.24) is 0 Å². The molecule has 6 nitrogen and oxygen atoms in total. The van der Waals surface area contributed by atoms with E-state index < -0.39 is 23.8 Å². The van der Waals surface area contributed by atoms with Gasteiger partial charge in [-0.25, -0.2) is 4.79 Å². The Balaban J connectivity index is 1.89. The highest BCUT2D eigenvalue weighted by molar-refractivity contribution is 7.17. The number of amides is 1. The standard InChI is InChI=1S/C21H29NO5S/c1-2-27-21(26)17-15-11-5-3-4-6-12-16(15)28-19(17)22-18(23)13-9-7-8-10-14(13)20(24)25/h13-14H,2-12H2,1H3,(H,22,23)(H,24,25)/p-1. The summed E-state index contributed by atoms with van der Waals surface area (Å²) in [5.74, 6) is -3.27. The quantitative estimate of drug-likeness (QED) is 0.758. The van der Waals surface area contributed by atoms with Gasteiger partial charge in [-0.05, 0) is 51.0 Å². The number of thiophene rings is 1. The summed E-state index contributed by atoms with van der Waals surface area (Å²) < 4.78 is 5.26. The zero-order valence-corrected chi connectivity index (χ0v) is 17.2. The predicted octanol–water partition coefficient (Wildman–Crippen LogP) is 3.08. The minimum absolute atomic E-state index is 0.270. The Kier molecular flexibility index (Phi) is 7.10. The van der Waals surface area contributed by atoms with Crippen LogP contribution >= 0.6 is 11.3 Å². The first-order valence-electron chi connectivity index (χ1n) is 10.4. The maximum Gasteiger partial charge on any atom is 0.341 e. The molecule has 0 aromatic carbocycles. The van der Waals surface area contributed by atoms with E-state index >= 15 is 0 Å². The number of aliphatic carboxylic acids is 1. The zero-order valence-electron chi connectivity index (χ0n) is 16.4. The van der Waals surface area contributed by atoms with Gasteiger partial charge in [0, 0.05) is 22.7 Å². The molecule has 1 aromatic rings. The number of carboxylic acids is 1. The van der Waals surface area contributed by atoms with Crippen LogP contribution in [0.2, 0.25) is 0 Å². The van der Waals surface area contributed by atoms with E-state index in [1.807, 2.05) is 0 Å². The SMILES string of the molecule is CCOC(=O)c1c(NC(=O)C2CCCCC2C(=O)[O-])sc2c1CCCCCC2. The van der Waals surface area contributed by atoms with Crippen LogP contribution in [0.1, 0.15) is 79.1 Å². The number of esters is 1. The minimum Gasteiger partial charge on any atom is -0.550 e. The van der Waals surface area contributed by atoms with Gasteiger partial charge >= 0.3 is 5.97 Å². The van der Waals surface area contributed by atoms with Crippen LogP contribution in [0.15, 0.2) is 0 Å². The minimum atomic E-state index is -1.16. The van der Waals surface area contributed by atoms with Crippen LogP contribution < -0.4 is 10.4 Å². The van der Waals surface area contributed by atoms with Crippen molar-refractivity contribution in [3.05, 3.63) is 16.0 Å². The number of carboxylic acid groups (broad SMARTS) is 1. The van der Waals surface area contributed by atoms with Crippen molar-refractivity contribution in [2.45, 2.75) is 71.1 Å². The van der Waals surface area contributed by atoms with Gasteiger partial charge in [-0.1, -0.05) is 25.7 Å². The van der Waals surface area contributed by atoms with E-state index in [0.29, 0.717) is 23.4 Å². The molecule has 28 heavy (non-hydrogen) atoms. The molecule has 2 aliphatic carbocycles. The number of hydrogen-bond acceptors (Lipinski definition) is 6. The molecule has 0 aliphatic heterocycles. The van der Waals surface area contributed by atoms with Crippen molar-refractivity contribution in [3.8, 4) is 0 Å². The van der Waals surface area contributed by atoms with Crippen LogP contribution in [0.4, 0.5) is 5.00 Å². The number of carbonyl (C=O) groups is 3. The molecule has 1 amide bonds. The van der Waals surface area contributed by atoms with Crippen molar-refractivity contribution in [2.24, 2.45) is 11.8 Å². The molecule has 1 fully saturated rings. The average Bonchev–Trinajstić information content (AvgIpc) is 2.98. The number of anilines is 1. The lowest BCUT2D eigenvalue weighted by molar-refractivity contribution is -0.313. The monoisotopic (exact) mass is 406 g/mol. The van der Waals surface area contributed by atoms with E-state index in [-0.39, 0.29) is 12.5 Å². The van der Waals surface area contributed by atoms with E-state index in [0.717, 1.165) is 55.4 Å². The van der Waals surface area contributed by atoms with E-state index in [1.165, 1.54) is 17.8 Å². The fraction of sp³-hybridized carbons (Fsp3) is 0.667. The third kappa shape index (κ3) is 4.57. The molecule has 0 bridgehead atoms. The summed E-state index contributed by atoms with van der Waals surface area (Å²) in [6, 6.07) is 0. The summed E-state index contributed by atoms with van der Waals surface area (Å²) in [5, 5.41) is 14.9. The molecule has 7 heteroatoms. The van der Waals surface area contributed by atoms with Crippen LogP contribution in [-0.2, 0) is 27.2 Å². The molecule has 2 unspecified atom stereocenters. The van der Waals surface area contributed by atoms with Gasteiger partial charge in [0.05, 0.1) is 12.2 Å². The molecule has 1 N–H and O–H groups in total. The molecule has 2 atom stereocenters. The molecule has 0 radical (unpaired) electrons. The fourth-order valence-corrected chi connectivity index (χ4v) is 5.64. The van der Waals surface area contributed by atoms with Gasteiger partial charge in [0.15, 0.2) is 0 Å². The summed E-state index contributed by atoms with van der Waals surface area (Å²) in [6.07, 6.45) is 8.71. The second kappa shape index (κ2) is 9.54. The molecule has 3 rings (SSSR count). The highest BCUT2D eigenvalue weighted by Gasteiger charge is 2.34.